The summed E-state index contributed by atoms with van der Waals surface area (Å²) < 4.78 is 0. The van der Waals surface area contributed by atoms with Gasteiger partial charge in [-0.2, -0.15) is 0 Å². The molecule has 0 fully saturated rings. The van der Waals surface area contributed by atoms with Gasteiger partial charge in [-0.3, -0.25) is 14.4 Å². The van der Waals surface area contributed by atoms with Crippen molar-refractivity contribution >= 4 is 28.9 Å². The molecule has 0 saturated carbocycles. The third kappa shape index (κ3) is 4.75. The summed E-state index contributed by atoms with van der Waals surface area (Å²) in [6.45, 7) is 2.61. The molecule has 2 amide bonds. The highest BCUT2D eigenvalue weighted by Gasteiger charge is 2.14. The van der Waals surface area contributed by atoms with E-state index in [1.807, 2.05) is 25.1 Å². The normalized spacial score (nSPS) is 10.1. The van der Waals surface area contributed by atoms with Crippen molar-refractivity contribution in [2.45, 2.75) is 19.9 Å². The van der Waals surface area contributed by atoms with E-state index in [0.29, 0.717) is 17.0 Å². The summed E-state index contributed by atoms with van der Waals surface area (Å²) in [5, 5.41) is 5.06. The van der Waals surface area contributed by atoms with Crippen LogP contribution >= 0.6 is 11.3 Å². The minimum Gasteiger partial charge on any atom is -0.348 e. The molecule has 0 bridgehead atoms. The lowest BCUT2D eigenvalue weighted by Crippen LogP contribution is -2.39. The molecule has 1 heterocycles. The van der Waals surface area contributed by atoms with E-state index in [1.54, 1.807) is 24.3 Å². The van der Waals surface area contributed by atoms with Crippen LogP contribution in [0.5, 0.6) is 0 Å². The molecule has 1 aromatic heterocycles. The van der Waals surface area contributed by atoms with Crippen LogP contribution in [0.15, 0.2) is 42.5 Å². The Bertz CT molecular complexity index is 695. The summed E-state index contributed by atoms with van der Waals surface area (Å²) in [6.07, 6.45) is 0.773. The number of carbonyl (C=O) groups is 3. The molecule has 5 nitrogen and oxygen atoms in total. The quantitative estimate of drug-likeness (QED) is 0.629. The molecule has 23 heavy (non-hydrogen) atoms. The van der Waals surface area contributed by atoms with Crippen molar-refractivity contribution < 1.29 is 14.4 Å². The predicted octanol–water partition coefficient (Wildman–Crippen LogP) is 2.12. The van der Waals surface area contributed by atoms with E-state index < -0.39 is 11.8 Å². The number of benzene rings is 1. The molecule has 6 heteroatoms. The van der Waals surface area contributed by atoms with E-state index in [0.717, 1.165) is 11.3 Å². The maximum Gasteiger partial charge on any atom is 0.309 e. The van der Waals surface area contributed by atoms with E-state index in [2.05, 4.69) is 10.6 Å². The van der Waals surface area contributed by atoms with Crippen LogP contribution < -0.4 is 10.6 Å². The van der Waals surface area contributed by atoms with Crippen LogP contribution in [0.4, 0.5) is 0 Å². The highest BCUT2D eigenvalue weighted by Crippen LogP contribution is 2.20. The maximum atomic E-state index is 12.3. The number of hydrogen-bond acceptors (Lipinski definition) is 4. The van der Waals surface area contributed by atoms with E-state index >= 15 is 0 Å². The van der Waals surface area contributed by atoms with Gasteiger partial charge >= 0.3 is 11.8 Å². The van der Waals surface area contributed by atoms with Gasteiger partial charge in [-0.25, -0.2) is 0 Å². The lowest BCUT2D eigenvalue weighted by molar-refractivity contribution is -0.139. The number of nitrogens with one attached hydrogen (secondary N) is 2. The molecule has 0 unspecified atom stereocenters. The average molecular weight is 330 g/mol. The van der Waals surface area contributed by atoms with Crippen molar-refractivity contribution in [3.63, 3.8) is 0 Å². The van der Waals surface area contributed by atoms with Gasteiger partial charge in [0.25, 0.3) is 0 Å². The van der Waals surface area contributed by atoms with Crippen molar-refractivity contribution in [2.24, 2.45) is 0 Å². The second-order valence-electron chi connectivity index (χ2n) is 4.90. The van der Waals surface area contributed by atoms with Crippen LogP contribution in [0.2, 0.25) is 0 Å². The number of hydrogen-bond donors (Lipinski definition) is 2. The van der Waals surface area contributed by atoms with Crippen LogP contribution in [0.25, 0.3) is 0 Å². The third-order valence-electron chi connectivity index (χ3n) is 3.09. The third-order valence-corrected chi connectivity index (χ3v) is 4.17. The van der Waals surface area contributed by atoms with E-state index in [4.69, 9.17) is 0 Å². The molecule has 0 aliphatic carbocycles. The Morgan fingerprint density at radius 2 is 1.65 bits per heavy atom. The Morgan fingerprint density at radius 1 is 0.957 bits per heavy atom. The Morgan fingerprint density at radius 3 is 2.35 bits per heavy atom. The fourth-order valence-corrected chi connectivity index (χ4v) is 2.80. The van der Waals surface area contributed by atoms with Gasteiger partial charge in [0.2, 0.25) is 5.78 Å². The molecule has 1 aromatic carbocycles. The minimum atomic E-state index is -0.664. The molecule has 120 valence electrons. The number of rotatable bonds is 6. The molecule has 2 aromatic rings. The molecule has 0 aliphatic rings. The molecule has 0 radical (unpaired) electrons. The van der Waals surface area contributed by atoms with Crippen molar-refractivity contribution in [2.75, 3.05) is 6.54 Å². The summed E-state index contributed by atoms with van der Waals surface area (Å²) in [7, 11) is 0. The fraction of sp³-hybridized carbons (Fsp3) is 0.235. The average Bonchev–Trinajstić information content (AvgIpc) is 3.06. The molecule has 0 spiro atoms. The monoisotopic (exact) mass is 330 g/mol. The van der Waals surface area contributed by atoms with E-state index in [1.165, 1.54) is 11.3 Å². The SMILES string of the molecule is CCCNC(=O)C(=O)NCc1ccc(C(=O)c2ccccc2)s1. The summed E-state index contributed by atoms with van der Waals surface area (Å²) in [6, 6.07) is 12.5. The van der Waals surface area contributed by atoms with Crippen LogP contribution in [0.3, 0.4) is 0 Å². The Labute approximate surface area is 138 Å². The molecular weight excluding hydrogens is 312 g/mol. The summed E-state index contributed by atoms with van der Waals surface area (Å²) in [4.78, 5) is 36.8. The van der Waals surface area contributed by atoms with Crippen LogP contribution in [0.1, 0.15) is 33.5 Å². The number of amides is 2. The lowest BCUT2D eigenvalue weighted by Gasteiger charge is -2.04. The molecule has 2 rings (SSSR count). The summed E-state index contributed by atoms with van der Waals surface area (Å²) in [5.41, 5.74) is 0.629. The van der Waals surface area contributed by atoms with Crippen LogP contribution in [0, 0.1) is 0 Å². The second kappa shape index (κ2) is 8.24. The number of thiophene rings is 1. The van der Waals surface area contributed by atoms with E-state index in [9.17, 15) is 14.4 Å². The first-order valence-electron chi connectivity index (χ1n) is 7.36. The van der Waals surface area contributed by atoms with Gasteiger partial charge in [-0.1, -0.05) is 37.3 Å². The van der Waals surface area contributed by atoms with Gasteiger partial charge in [0, 0.05) is 17.0 Å². The summed E-state index contributed by atoms with van der Waals surface area (Å²) >= 11 is 1.31. The largest absolute Gasteiger partial charge is 0.348 e. The van der Waals surface area contributed by atoms with E-state index in [-0.39, 0.29) is 12.3 Å². The topological polar surface area (TPSA) is 75.3 Å². The van der Waals surface area contributed by atoms with Gasteiger partial charge in [-0.15, -0.1) is 11.3 Å². The molecule has 0 aliphatic heterocycles. The predicted molar refractivity (Wildman–Crippen MR) is 89.3 cm³/mol. The zero-order chi connectivity index (χ0) is 16.7. The standard InChI is InChI=1S/C17H18N2O3S/c1-2-10-18-16(21)17(22)19-11-13-8-9-14(23-13)15(20)12-6-4-3-5-7-12/h3-9H,2,10-11H2,1H3,(H,18,21)(H,19,22). The summed E-state index contributed by atoms with van der Waals surface area (Å²) in [5.74, 6) is -1.35. The zero-order valence-corrected chi connectivity index (χ0v) is 13.6. The van der Waals surface area contributed by atoms with Crippen molar-refractivity contribution in [1.82, 2.24) is 10.6 Å². The van der Waals surface area contributed by atoms with Crippen LogP contribution in [-0.4, -0.2) is 24.1 Å². The number of ketones is 1. The van der Waals surface area contributed by atoms with Crippen LogP contribution in [-0.2, 0) is 16.1 Å². The Kier molecular flexibility index (Phi) is 6.05. The highest BCUT2D eigenvalue weighted by atomic mass is 32.1. The van der Waals surface area contributed by atoms with Crippen molar-refractivity contribution in [3.8, 4) is 0 Å². The first-order valence-corrected chi connectivity index (χ1v) is 8.18. The molecular formula is C17H18N2O3S. The first kappa shape index (κ1) is 16.9. The smallest absolute Gasteiger partial charge is 0.309 e. The number of carbonyl (C=O) groups excluding carboxylic acids is 3. The van der Waals surface area contributed by atoms with Gasteiger partial charge in [0.15, 0.2) is 0 Å². The zero-order valence-electron chi connectivity index (χ0n) is 12.8. The minimum absolute atomic E-state index is 0.0473. The fourth-order valence-electron chi connectivity index (χ4n) is 1.89. The van der Waals surface area contributed by atoms with Gasteiger partial charge in [0.05, 0.1) is 11.4 Å². The van der Waals surface area contributed by atoms with Gasteiger partial charge in [0.1, 0.15) is 0 Å². The molecule has 0 saturated heterocycles. The Balaban J connectivity index is 1.91. The molecule has 2 N–H and O–H groups in total. The van der Waals surface area contributed by atoms with Crippen molar-refractivity contribution in [1.29, 1.82) is 0 Å². The second-order valence-corrected chi connectivity index (χ2v) is 6.07. The van der Waals surface area contributed by atoms with Gasteiger partial charge in [-0.05, 0) is 18.6 Å². The first-order chi connectivity index (χ1) is 11.1. The van der Waals surface area contributed by atoms with Crippen molar-refractivity contribution in [3.05, 3.63) is 57.8 Å². The Hall–Kier alpha value is -2.47. The highest BCUT2D eigenvalue weighted by molar-refractivity contribution is 7.14. The molecule has 0 atom stereocenters. The maximum absolute atomic E-state index is 12.3. The van der Waals surface area contributed by atoms with Gasteiger partial charge < -0.3 is 10.6 Å². The lowest BCUT2D eigenvalue weighted by atomic mass is 10.1.